The van der Waals surface area contributed by atoms with Crippen LogP contribution in [0.5, 0.6) is 0 Å². The van der Waals surface area contributed by atoms with E-state index in [0.29, 0.717) is 21.9 Å². The van der Waals surface area contributed by atoms with Gasteiger partial charge in [0, 0.05) is 31.2 Å². The van der Waals surface area contributed by atoms with Gasteiger partial charge in [0.25, 0.3) is 0 Å². The molecule has 2 fully saturated rings. The lowest BCUT2D eigenvalue weighted by atomic mass is 10.2. The molecule has 0 spiro atoms. The monoisotopic (exact) mass is 371 g/mol. The summed E-state index contributed by atoms with van der Waals surface area (Å²) in [4.78, 5) is 7.08. The van der Waals surface area contributed by atoms with Crippen LogP contribution in [0.25, 0.3) is 11.0 Å². The van der Waals surface area contributed by atoms with E-state index in [2.05, 4.69) is 30.4 Å². The molecule has 21 heavy (non-hydrogen) atoms. The fraction of sp³-hybridized carbons (Fsp3) is 0.533. The highest BCUT2D eigenvalue weighted by Crippen LogP contribution is 2.36. The van der Waals surface area contributed by atoms with Crippen LogP contribution >= 0.6 is 27.5 Å². The van der Waals surface area contributed by atoms with E-state index in [1.165, 1.54) is 18.9 Å². The zero-order chi connectivity index (χ0) is 14.6. The third kappa shape index (κ3) is 2.39. The number of nitrogens with zero attached hydrogens (tertiary/aromatic N) is 3. The molecule has 1 unspecified atom stereocenters. The Morgan fingerprint density at radius 3 is 2.81 bits per heavy atom. The van der Waals surface area contributed by atoms with Gasteiger partial charge in [0.1, 0.15) is 11.6 Å². The van der Waals surface area contributed by atoms with Crippen LogP contribution in [-0.2, 0) is 5.88 Å². The van der Waals surface area contributed by atoms with Crippen LogP contribution < -0.4 is 0 Å². The second-order valence-corrected chi connectivity index (χ2v) is 7.08. The molecule has 0 amide bonds. The first-order valence-corrected chi connectivity index (χ1v) is 8.66. The van der Waals surface area contributed by atoms with Crippen LogP contribution in [0, 0.1) is 5.82 Å². The van der Waals surface area contributed by atoms with Crippen LogP contribution in [0.4, 0.5) is 4.39 Å². The van der Waals surface area contributed by atoms with E-state index in [9.17, 15) is 4.39 Å². The van der Waals surface area contributed by atoms with Gasteiger partial charge in [-0.25, -0.2) is 9.37 Å². The van der Waals surface area contributed by atoms with Crippen LogP contribution in [0.2, 0.25) is 0 Å². The summed E-state index contributed by atoms with van der Waals surface area (Å²) in [5.41, 5.74) is 1.66. The summed E-state index contributed by atoms with van der Waals surface area (Å²) in [6.07, 6.45) is 3.77. The predicted molar refractivity (Wildman–Crippen MR) is 85.2 cm³/mol. The number of hydrogen-bond acceptors (Lipinski definition) is 2. The summed E-state index contributed by atoms with van der Waals surface area (Å²) < 4.78 is 16.4. The molecule has 0 bridgehead atoms. The van der Waals surface area contributed by atoms with Crippen LogP contribution in [0.1, 0.15) is 31.1 Å². The maximum atomic E-state index is 13.7. The summed E-state index contributed by atoms with van der Waals surface area (Å²) in [6, 6.07) is 4.49. The molecule has 1 aromatic heterocycles. The molecule has 1 saturated carbocycles. The minimum absolute atomic E-state index is 0.278. The van der Waals surface area contributed by atoms with E-state index in [-0.39, 0.29) is 5.82 Å². The van der Waals surface area contributed by atoms with Crippen molar-refractivity contribution in [3.63, 3.8) is 0 Å². The van der Waals surface area contributed by atoms with Crippen molar-refractivity contribution in [2.75, 3.05) is 13.1 Å². The van der Waals surface area contributed by atoms with Gasteiger partial charge < -0.3 is 4.57 Å². The van der Waals surface area contributed by atoms with Gasteiger partial charge >= 0.3 is 0 Å². The lowest BCUT2D eigenvalue weighted by molar-refractivity contribution is 0.314. The Labute approximate surface area is 136 Å². The summed E-state index contributed by atoms with van der Waals surface area (Å²) in [7, 11) is 0. The molecule has 1 saturated heterocycles. The fourth-order valence-electron chi connectivity index (χ4n) is 3.39. The van der Waals surface area contributed by atoms with Gasteiger partial charge in [-0.15, -0.1) is 11.6 Å². The van der Waals surface area contributed by atoms with Crippen LogP contribution in [0.15, 0.2) is 16.6 Å². The predicted octanol–water partition coefficient (Wildman–Crippen LogP) is 4.09. The normalized spacial score (nSPS) is 23.3. The molecule has 6 heteroatoms. The van der Waals surface area contributed by atoms with Crippen molar-refractivity contribution in [1.29, 1.82) is 0 Å². The van der Waals surface area contributed by atoms with Crippen molar-refractivity contribution in [2.24, 2.45) is 0 Å². The number of hydrogen-bond donors (Lipinski definition) is 0. The summed E-state index contributed by atoms with van der Waals surface area (Å²) >= 11 is 9.35. The standard InChI is InChI=1S/C15H16BrClFN3/c16-11-5-14-13(6-12(11)18)19-15(7-17)21(14)10-3-4-20(8-10)9-1-2-9/h5-6,9-10H,1-4,7-8H2. The largest absolute Gasteiger partial charge is 0.322 e. The maximum Gasteiger partial charge on any atom is 0.139 e. The quantitative estimate of drug-likeness (QED) is 0.757. The lowest BCUT2D eigenvalue weighted by Crippen LogP contribution is -2.24. The number of likely N-dealkylation sites (tertiary alicyclic amines) is 1. The Hall–Kier alpha value is -0.650. The Kier molecular flexibility index (Phi) is 3.47. The number of alkyl halides is 1. The molecule has 0 radical (unpaired) electrons. The Balaban J connectivity index is 1.77. The first-order valence-electron chi connectivity index (χ1n) is 7.33. The topological polar surface area (TPSA) is 21.1 Å². The average Bonchev–Trinajstić information content (AvgIpc) is 3.10. The highest BCUT2D eigenvalue weighted by molar-refractivity contribution is 9.10. The van der Waals surface area contributed by atoms with Crippen molar-refractivity contribution < 1.29 is 4.39 Å². The van der Waals surface area contributed by atoms with Crippen molar-refractivity contribution in [2.45, 2.75) is 37.2 Å². The molecule has 1 atom stereocenters. The molecule has 1 aliphatic heterocycles. The molecule has 0 N–H and O–H groups in total. The van der Waals surface area contributed by atoms with E-state index < -0.39 is 0 Å². The molecule has 1 aromatic carbocycles. The molecular formula is C15H16BrClFN3. The number of rotatable bonds is 3. The Morgan fingerprint density at radius 1 is 1.29 bits per heavy atom. The van der Waals surface area contributed by atoms with E-state index in [1.807, 2.05) is 6.07 Å². The molecular weight excluding hydrogens is 357 g/mol. The van der Waals surface area contributed by atoms with Gasteiger partial charge in [-0.2, -0.15) is 0 Å². The molecule has 3 nitrogen and oxygen atoms in total. The van der Waals surface area contributed by atoms with E-state index in [0.717, 1.165) is 36.9 Å². The molecule has 2 aliphatic rings. The summed E-state index contributed by atoms with van der Waals surface area (Å²) in [6.45, 7) is 2.19. The number of fused-ring (bicyclic) bond motifs is 1. The van der Waals surface area contributed by atoms with Crippen molar-refractivity contribution >= 4 is 38.6 Å². The maximum absolute atomic E-state index is 13.7. The third-order valence-corrected chi connectivity index (χ3v) is 5.39. The average molecular weight is 373 g/mol. The van der Waals surface area contributed by atoms with E-state index >= 15 is 0 Å². The smallest absolute Gasteiger partial charge is 0.139 e. The second kappa shape index (κ2) is 5.21. The molecule has 112 valence electrons. The highest BCUT2D eigenvalue weighted by atomic mass is 79.9. The van der Waals surface area contributed by atoms with Crippen LogP contribution in [0.3, 0.4) is 0 Å². The molecule has 2 aromatic rings. The molecule has 1 aliphatic carbocycles. The van der Waals surface area contributed by atoms with Crippen molar-refractivity contribution in [3.05, 3.63) is 28.2 Å². The van der Waals surface area contributed by atoms with E-state index in [1.54, 1.807) is 0 Å². The van der Waals surface area contributed by atoms with Gasteiger partial charge in [-0.05, 0) is 41.3 Å². The zero-order valence-electron chi connectivity index (χ0n) is 11.5. The minimum Gasteiger partial charge on any atom is -0.322 e. The minimum atomic E-state index is -0.278. The van der Waals surface area contributed by atoms with Gasteiger partial charge in [0.05, 0.1) is 21.4 Å². The van der Waals surface area contributed by atoms with Crippen LogP contribution in [-0.4, -0.2) is 33.6 Å². The summed E-state index contributed by atoms with van der Waals surface area (Å²) in [5, 5.41) is 0. The third-order valence-electron chi connectivity index (χ3n) is 4.55. The number of imidazole rings is 1. The first-order chi connectivity index (χ1) is 10.2. The second-order valence-electron chi connectivity index (χ2n) is 5.96. The van der Waals surface area contributed by atoms with Gasteiger partial charge in [0.15, 0.2) is 0 Å². The first kappa shape index (κ1) is 14.0. The van der Waals surface area contributed by atoms with Gasteiger partial charge in [0.2, 0.25) is 0 Å². The van der Waals surface area contributed by atoms with Gasteiger partial charge in [-0.1, -0.05) is 0 Å². The highest BCUT2D eigenvalue weighted by Gasteiger charge is 2.36. The number of benzene rings is 1. The Morgan fingerprint density at radius 2 is 2.10 bits per heavy atom. The lowest BCUT2D eigenvalue weighted by Gasteiger charge is -2.18. The van der Waals surface area contributed by atoms with Crippen molar-refractivity contribution in [1.82, 2.24) is 14.5 Å². The summed E-state index contributed by atoms with van der Waals surface area (Å²) in [5.74, 6) is 0.916. The zero-order valence-corrected chi connectivity index (χ0v) is 13.9. The molecule has 2 heterocycles. The van der Waals surface area contributed by atoms with Crippen molar-refractivity contribution in [3.8, 4) is 0 Å². The molecule has 4 rings (SSSR count). The number of aromatic nitrogens is 2. The van der Waals surface area contributed by atoms with E-state index in [4.69, 9.17) is 11.6 Å². The Bertz CT molecular complexity index is 698. The SMILES string of the molecule is Fc1cc2nc(CCl)n(C3CCN(C4CC4)C3)c2cc1Br. The van der Waals surface area contributed by atoms with Gasteiger partial charge in [-0.3, -0.25) is 4.90 Å². The number of halogens is 3. The fourth-order valence-corrected chi connectivity index (χ4v) is 3.91.